The summed E-state index contributed by atoms with van der Waals surface area (Å²) >= 11 is 0. The van der Waals surface area contributed by atoms with E-state index in [0.717, 1.165) is 12.8 Å². The second-order valence-corrected chi connectivity index (χ2v) is 8.29. The normalized spacial score (nSPS) is 10.7. The molecular weight excluding hydrogens is 389 g/mol. The molecule has 0 fully saturated rings. The summed E-state index contributed by atoms with van der Waals surface area (Å²) < 4.78 is 4.23. The van der Waals surface area contributed by atoms with E-state index in [1.165, 1.54) is 89.9 Å². The largest absolute Gasteiger partial charge is 1.00 e. The molecular formula is C19H39Na3O4Si. The maximum absolute atomic E-state index is 10.3. The van der Waals surface area contributed by atoms with Gasteiger partial charge in [0, 0.05) is 6.61 Å². The molecule has 0 spiro atoms. The Morgan fingerprint density at radius 2 is 0.741 bits per heavy atom. The van der Waals surface area contributed by atoms with Gasteiger partial charge in [-0.1, -0.05) is 110 Å². The van der Waals surface area contributed by atoms with Crippen LogP contribution in [0.5, 0.6) is 0 Å². The van der Waals surface area contributed by atoms with Crippen molar-refractivity contribution in [3.8, 4) is 0 Å². The average Bonchev–Trinajstić information content (AvgIpc) is 2.52. The van der Waals surface area contributed by atoms with E-state index in [-0.39, 0.29) is 95.3 Å². The second kappa shape index (κ2) is 29.1. The smallest absolute Gasteiger partial charge is 0.861 e. The molecule has 0 amide bonds. The van der Waals surface area contributed by atoms with Crippen molar-refractivity contribution in [2.24, 2.45) is 0 Å². The molecule has 0 bridgehead atoms. The van der Waals surface area contributed by atoms with Crippen LogP contribution in [-0.4, -0.2) is 15.7 Å². The van der Waals surface area contributed by atoms with Gasteiger partial charge >= 0.3 is 88.7 Å². The van der Waals surface area contributed by atoms with Crippen LogP contribution in [0, 0.1) is 0 Å². The third-order valence-electron chi connectivity index (χ3n) is 4.53. The Hall–Kier alpha value is 3.06. The molecule has 0 aliphatic heterocycles. The van der Waals surface area contributed by atoms with Crippen LogP contribution < -0.4 is 103 Å². The van der Waals surface area contributed by atoms with Crippen LogP contribution in [0.3, 0.4) is 0 Å². The van der Waals surface area contributed by atoms with Crippen LogP contribution in [0.1, 0.15) is 116 Å². The van der Waals surface area contributed by atoms with E-state index in [4.69, 9.17) is 0 Å². The number of hydrogen-bond donors (Lipinski definition) is 0. The van der Waals surface area contributed by atoms with Crippen molar-refractivity contribution in [1.29, 1.82) is 0 Å². The molecule has 0 rings (SSSR count). The Balaban J connectivity index is -0.000000882. The number of hydrogen-bond acceptors (Lipinski definition) is 4. The minimum absolute atomic E-state index is 0. The summed E-state index contributed by atoms with van der Waals surface area (Å²) in [4.78, 5) is 30.8. The molecule has 0 radical (unpaired) electrons. The fraction of sp³-hybridized carbons (Fsp3) is 1.00. The molecule has 146 valence electrons. The van der Waals surface area contributed by atoms with Crippen molar-refractivity contribution in [3.63, 3.8) is 0 Å². The first-order chi connectivity index (χ1) is 11.6. The molecule has 0 aliphatic rings. The molecule has 8 heteroatoms. The second-order valence-electron chi connectivity index (χ2n) is 7.01. The predicted molar refractivity (Wildman–Crippen MR) is 95.9 cm³/mol. The zero-order valence-corrected chi connectivity index (χ0v) is 25.9. The van der Waals surface area contributed by atoms with E-state index < -0.39 is 9.05 Å². The first kappa shape index (κ1) is 37.4. The van der Waals surface area contributed by atoms with Crippen LogP contribution in [0.2, 0.25) is 0 Å². The summed E-state index contributed by atoms with van der Waals surface area (Å²) in [6, 6.07) is 0. The average molecular weight is 429 g/mol. The first-order valence-corrected chi connectivity index (χ1v) is 11.9. The summed E-state index contributed by atoms with van der Waals surface area (Å²) in [6.45, 7) is 2.32. The Bertz CT molecular complexity index is 258. The van der Waals surface area contributed by atoms with Gasteiger partial charge in [-0.15, -0.1) is 9.05 Å². The van der Waals surface area contributed by atoms with Crippen LogP contribution >= 0.6 is 0 Å². The fourth-order valence-corrected chi connectivity index (χ4v) is 3.42. The summed E-state index contributed by atoms with van der Waals surface area (Å²) in [7, 11) is -5.02. The summed E-state index contributed by atoms with van der Waals surface area (Å²) in [5.74, 6) is 0. The van der Waals surface area contributed by atoms with Gasteiger partial charge in [0.25, 0.3) is 0 Å². The molecule has 27 heavy (non-hydrogen) atoms. The molecule has 0 aromatic rings. The van der Waals surface area contributed by atoms with Gasteiger partial charge in [-0.25, -0.2) is 0 Å². The third-order valence-corrected chi connectivity index (χ3v) is 5.08. The van der Waals surface area contributed by atoms with Gasteiger partial charge in [0.1, 0.15) is 0 Å². The minimum atomic E-state index is -5.02. The van der Waals surface area contributed by atoms with Crippen molar-refractivity contribution < 1.29 is 107 Å². The monoisotopic (exact) mass is 428 g/mol. The zero-order valence-electron chi connectivity index (χ0n) is 18.9. The van der Waals surface area contributed by atoms with E-state index >= 15 is 0 Å². The van der Waals surface area contributed by atoms with Crippen LogP contribution in [0.4, 0.5) is 0 Å². The van der Waals surface area contributed by atoms with Gasteiger partial charge in [0.05, 0.1) is 0 Å². The van der Waals surface area contributed by atoms with Gasteiger partial charge in [0.15, 0.2) is 0 Å². The molecule has 4 nitrogen and oxygen atoms in total. The van der Waals surface area contributed by atoms with Crippen molar-refractivity contribution in [2.45, 2.75) is 116 Å². The number of rotatable bonds is 19. The van der Waals surface area contributed by atoms with Gasteiger partial charge in [0.2, 0.25) is 0 Å². The van der Waals surface area contributed by atoms with Crippen LogP contribution in [-0.2, 0) is 4.43 Å². The van der Waals surface area contributed by atoms with Gasteiger partial charge in [-0.2, -0.15) is 0 Å². The van der Waals surface area contributed by atoms with E-state index in [9.17, 15) is 14.4 Å². The Kier molecular flexibility index (Phi) is 40.2. The maximum Gasteiger partial charge on any atom is 1.00 e. The molecule has 0 heterocycles. The SMILES string of the molecule is CCCCCCCCCCCCCCCCCCCO[Si]([O-])([O-])[O-].[Na+].[Na+].[Na+]. The molecule has 0 saturated carbocycles. The molecule has 0 atom stereocenters. The van der Waals surface area contributed by atoms with Gasteiger partial charge in [-0.05, 0) is 6.42 Å². The quantitative estimate of drug-likeness (QED) is 0.152. The minimum Gasteiger partial charge on any atom is -0.861 e. The van der Waals surface area contributed by atoms with Crippen molar-refractivity contribution >= 4 is 9.05 Å². The van der Waals surface area contributed by atoms with E-state index in [2.05, 4.69) is 11.3 Å². The van der Waals surface area contributed by atoms with Crippen LogP contribution in [0.15, 0.2) is 0 Å². The van der Waals surface area contributed by atoms with Crippen molar-refractivity contribution in [1.82, 2.24) is 0 Å². The third kappa shape index (κ3) is 36.8. The van der Waals surface area contributed by atoms with E-state index in [1.807, 2.05) is 0 Å². The number of unbranched alkanes of at least 4 members (excludes halogenated alkanes) is 16. The van der Waals surface area contributed by atoms with Crippen molar-refractivity contribution in [3.05, 3.63) is 0 Å². The molecule has 0 unspecified atom stereocenters. The topological polar surface area (TPSA) is 78.4 Å². The Labute approximate surface area is 236 Å². The summed E-state index contributed by atoms with van der Waals surface area (Å²) in [5, 5.41) is 0. The van der Waals surface area contributed by atoms with Crippen LogP contribution in [0.25, 0.3) is 0 Å². The molecule has 0 aromatic heterocycles. The zero-order chi connectivity index (χ0) is 17.9. The molecule has 0 saturated heterocycles. The molecule has 0 N–H and O–H groups in total. The predicted octanol–water partition coefficient (Wildman–Crippen LogP) is -5.82. The Morgan fingerprint density at radius 3 is 1.00 bits per heavy atom. The summed E-state index contributed by atoms with van der Waals surface area (Å²) in [5.41, 5.74) is 0. The van der Waals surface area contributed by atoms with Crippen molar-refractivity contribution in [2.75, 3.05) is 6.61 Å². The molecule has 0 aromatic carbocycles. The maximum atomic E-state index is 10.3. The fourth-order valence-electron chi connectivity index (χ4n) is 3.02. The standard InChI is InChI=1S/C19H39O4Si.3Na/c1-2-3-4-5-6-7-8-9-10-11-12-13-14-15-16-17-18-19-23-24(20,21)22;;;/h2-19H2,1H3;;;/q-3;3*+1. The van der Waals surface area contributed by atoms with E-state index in [0.29, 0.717) is 6.42 Å². The van der Waals surface area contributed by atoms with Gasteiger partial charge in [-0.3, -0.25) is 0 Å². The van der Waals surface area contributed by atoms with Gasteiger partial charge < -0.3 is 18.8 Å². The molecule has 0 aliphatic carbocycles. The Morgan fingerprint density at radius 1 is 0.481 bits per heavy atom. The summed E-state index contributed by atoms with van der Waals surface area (Å²) in [6.07, 6.45) is 21.8. The first-order valence-electron chi connectivity index (χ1n) is 10.3. The van der Waals surface area contributed by atoms with E-state index in [1.54, 1.807) is 0 Å².